The molecule has 0 N–H and O–H groups in total. The molecule has 0 saturated heterocycles. The van der Waals surface area contributed by atoms with E-state index in [1.54, 1.807) is 0 Å². The van der Waals surface area contributed by atoms with E-state index in [0.717, 1.165) is 24.7 Å². The quantitative estimate of drug-likeness (QED) is 0.237. The van der Waals surface area contributed by atoms with Gasteiger partial charge in [0.15, 0.2) is 0 Å². The second-order valence-corrected chi connectivity index (χ2v) is 11.4. The van der Waals surface area contributed by atoms with E-state index in [2.05, 4.69) is 104 Å². The van der Waals surface area contributed by atoms with Gasteiger partial charge in [-0.25, -0.2) is 0 Å². The Kier molecular flexibility index (Phi) is 6.84. The maximum atomic E-state index is 6.30. The highest BCUT2D eigenvalue weighted by atomic mass is 35.5. The van der Waals surface area contributed by atoms with Crippen LogP contribution in [0.15, 0.2) is 64.5 Å². The number of anilines is 2. The average Bonchev–Trinajstić information content (AvgIpc) is 3.39. The first-order valence-corrected chi connectivity index (χ1v) is 14.2. The Morgan fingerprint density at radius 1 is 1.00 bits per heavy atom. The van der Waals surface area contributed by atoms with Gasteiger partial charge >= 0.3 is 0 Å². The molecular formula is C29H31ClN3S2+. The van der Waals surface area contributed by atoms with Crippen LogP contribution >= 0.6 is 34.7 Å². The van der Waals surface area contributed by atoms with Crippen LogP contribution in [0.25, 0.3) is 27.4 Å². The minimum Gasteiger partial charge on any atom is -0.375 e. The molecule has 0 saturated carbocycles. The molecule has 0 bridgehead atoms. The third kappa shape index (κ3) is 4.46. The predicted octanol–water partition coefficient (Wildman–Crippen LogP) is 8.22. The van der Waals surface area contributed by atoms with E-state index in [-0.39, 0.29) is 0 Å². The van der Waals surface area contributed by atoms with Crippen molar-refractivity contribution in [2.45, 2.75) is 39.1 Å². The highest BCUT2D eigenvalue weighted by Gasteiger charge is 2.27. The van der Waals surface area contributed by atoms with Crippen LogP contribution in [0, 0.1) is 6.92 Å². The summed E-state index contributed by atoms with van der Waals surface area (Å²) < 4.78 is 3.75. The zero-order chi connectivity index (χ0) is 24.7. The van der Waals surface area contributed by atoms with Crippen LogP contribution in [0.3, 0.4) is 0 Å². The van der Waals surface area contributed by atoms with Crippen molar-refractivity contribution in [3.05, 3.63) is 75.2 Å². The molecule has 3 aromatic carbocycles. The summed E-state index contributed by atoms with van der Waals surface area (Å²) >= 11 is 9.99. The fourth-order valence-corrected chi connectivity index (χ4v) is 7.29. The van der Waals surface area contributed by atoms with Gasteiger partial charge in [0.25, 0.3) is 5.01 Å². The summed E-state index contributed by atoms with van der Waals surface area (Å²) in [7, 11) is 2.15. The van der Waals surface area contributed by atoms with Crippen molar-refractivity contribution in [2.24, 2.45) is 0 Å². The van der Waals surface area contributed by atoms with E-state index in [0.29, 0.717) is 0 Å². The van der Waals surface area contributed by atoms with Gasteiger partial charge in [0.2, 0.25) is 5.52 Å². The Labute approximate surface area is 221 Å². The van der Waals surface area contributed by atoms with Crippen LogP contribution in [0.5, 0.6) is 0 Å². The van der Waals surface area contributed by atoms with Gasteiger partial charge in [-0.1, -0.05) is 46.8 Å². The van der Waals surface area contributed by atoms with Gasteiger partial charge in [-0.2, -0.15) is 4.57 Å². The van der Waals surface area contributed by atoms with E-state index >= 15 is 0 Å². The molecule has 0 spiro atoms. The molecule has 3 nitrogen and oxygen atoms in total. The maximum Gasteiger partial charge on any atom is 0.265 e. The topological polar surface area (TPSA) is 10.4 Å². The SMILES string of the molecule is CCN(C)c1ccc(-c2ccc3sc(/C=C4\Sc5ccc(Cl)cc5N4CC)[n+](CC)c3c2)cc1C. The van der Waals surface area contributed by atoms with Gasteiger partial charge in [0.1, 0.15) is 11.2 Å². The number of aromatic nitrogens is 1. The molecule has 4 aromatic rings. The Hall–Kier alpha value is -2.47. The molecule has 1 aliphatic rings. The van der Waals surface area contributed by atoms with Crippen LogP contribution in [0.2, 0.25) is 5.02 Å². The van der Waals surface area contributed by atoms with Crippen molar-refractivity contribution in [1.29, 1.82) is 0 Å². The van der Waals surface area contributed by atoms with Crippen molar-refractivity contribution in [3.63, 3.8) is 0 Å². The van der Waals surface area contributed by atoms with Gasteiger partial charge in [0.05, 0.1) is 16.8 Å². The molecule has 0 unspecified atom stereocenters. The Balaban J connectivity index is 1.54. The van der Waals surface area contributed by atoms with E-state index < -0.39 is 0 Å². The van der Waals surface area contributed by atoms with Crippen molar-refractivity contribution in [3.8, 4) is 11.1 Å². The minimum absolute atomic E-state index is 0.784. The zero-order valence-corrected chi connectivity index (χ0v) is 23.3. The van der Waals surface area contributed by atoms with Gasteiger partial charge < -0.3 is 9.80 Å². The van der Waals surface area contributed by atoms with E-state index in [1.807, 2.05) is 29.2 Å². The van der Waals surface area contributed by atoms with Gasteiger partial charge in [-0.15, -0.1) is 0 Å². The molecule has 0 aliphatic carbocycles. The normalized spacial score (nSPS) is 14.2. The molecule has 35 heavy (non-hydrogen) atoms. The molecule has 0 atom stereocenters. The second-order valence-electron chi connectivity index (χ2n) is 8.82. The summed E-state index contributed by atoms with van der Waals surface area (Å²) in [6.45, 7) is 11.7. The summed E-state index contributed by atoms with van der Waals surface area (Å²) in [4.78, 5) is 5.92. The number of hydrogen-bond donors (Lipinski definition) is 0. The summed E-state index contributed by atoms with van der Waals surface area (Å²) in [6.07, 6.45) is 2.34. The van der Waals surface area contributed by atoms with Gasteiger partial charge in [-0.3, -0.25) is 0 Å². The second kappa shape index (κ2) is 9.88. The number of nitrogens with zero attached hydrogens (tertiary/aromatic N) is 3. The first-order valence-electron chi connectivity index (χ1n) is 12.2. The number of thiazole rings is 1. The fraction of sp³-hybridized carbons (Fsp3) is 0.276. The van der Waals surface area contributed by atoms with Crippen molar-refractivity contribution >= 4 is 62.4 Å². The lowest BCUT2D eigenvalue weighted by Crippen LogP contribution is -2.33. The maximum absolute atomic E-state index is 6.30. The first kappa shape index (κ1) is 24.2. The lowest BCUT2D eigenvalue weighted by atomic mass is 10.0. The van der Waals surface area contributed by atoms with Crippen LogP contribution < -0.4 is 14.4 Å². The lowest BCUT2D eigenvalue weighted by molar-refractivity contribution is -0.665. The predicted molar refractivity (Wildman–Crippen MR) is 155 cm³/mol. The third-order valence-electron chi connectivity index (χ3n) is 6.72. The number of fused-ring (bicyclic) bond motifs is 2. The van der Waals surface area contributed by atoms with Crippen LogP contribution in [0.1, 0.15) is 31.3 Å². The van der Waals surface area contributed by atoms with Crippen LogP contribution in [-0.2, 0) is 6.54 Å². The Morgan fingerprint density at radius 3 is 2.49 bits per heavy atom. The highest BCUT2D eigenvalue weighted by Crippen LogP contribution is 2.47. The largest absolute Gasteiger partial charge is 0.375 e. The minimum atomic E-state index is 0.784. The summed E-state index contributed by atoms with van der Waals surface area (Å²) in [5.41, 5.74) is 7.63. The zero-order valence-electron chi connectivity index (χ0n) is 20.9. The average molecular weight is 521 g/mol. The number of aryl methyl sites for hydroxylation is 2. The number of halogens is 1. The first-order chi connectivity index (χ1) is 16.9. The van der Waals surface area contributed by atoms with Crippen LogP contribution in [-0.4, -0.2) is 20.1 Å². The molecule has 1 aromatic heterocycles. The van der Waals surface area contributed by atoms with E-state index in [4.69, 9.17) is 11.6 Å². The Morgan fingerprint density at radius 2 is 1.77 bits per heavy atom. The number of benzene rings is 3. The molecule has 0 radical (unpaired) electrons. The van der Waals surface area contributed by atoms with Crippen LogP contribution in [0.4, 0.5) is 11.4 Å². The van der Waals surface area contributed by atoms with Crippen molar-refractivity contribution in [1.82, 2.24) is 0 Å². The molecule has 2 heterocycles. The van der Waals surface area contributed by atoms with E-state index in [9.17, 15) is 0 Å². The van der Waals surface area contributed by atoms with Crippen molar-refractivity contribution < 1.29 is 4.57 Å². The van der Waals surface area contributed by atoms with Gasteiger partial charge in [0, 0.05) is 41.8 Å². The fourth-order valence-electron chi connectivity index (χ4n) is 4.76. The van der Waals surface area contributed by atoms with E-state index in [1.165, 1.54) is 53.2 Å². The molecular weight excluding hydrogens is 490 g/mol. The molecule has 0 fully saturated rings. The summed E-state index contributed by atoms with van der Waals surface area (Å²) in [6, 6.07) is 19.9. The Bertz CT molecular complexity index is 1440. The molecule has 6 heteroatoms. The highest BCUT2D eigenvalue weighted by molar-refractivity contribution is 8.03. The molecule has 1 aliphatic heterocycles. The summed E-state index contributed by atoms with van der Waals surface area (Å²) in [5, 5.41) is 3.31. The standard InChI is InChI=1S/C29H31ClN3S2/c1-6-31(5)23-12-9-20(15-19(23)4)21-10-13-26-24(16-21)32(7-2)28(34-26)18-29-33(8-3)25-17-22(30)11-14-27(25)35-29/h9-18H,6-8H2,1-5H3/q+1. The smallest absolute Gasteiger partial charge is 0.265 e. The monoisotopic (exact) mass is 520 g/mol. The van der Waals surface area contributed by atoms with Crippen molar-refractivity contribution in [2.75, 3.05) is 29.9 Å². The number of thioether (sulfide) groups is 1. The number of hydrogen-bond acceptors (Lipinski definition) is 4. The number of rotatable bonds is 6. The molecule has 5 rings (SSSR count). The molecule has 180 valence electrons. The lowest BCUT2D eigenvalue weighted by Gasteiger charge is -2.20. The summed E-state index contributed by atoms with van der Waals surface area (Å²) in [5.74, 6) is 0. The third-order valence-corrected chi connectivity index (χ3v) is 9.18. The van der Waals surface area contributed by atoms with Gasteiger partial charge in [-0.05, 0) is 80.8 Å². The molecule has 0 amide bonds.